The molecule has 2 N–H and O–H groups in total. The van der Waals surface area contributed by atoms with Gasteiger partial charge >= 0.3 is 0 Å². The van der Waals surface area contributed by atoms with Crippen LogP contribution >= 0.6 is 0 Å². The average molecular weight is 673 g/mol. The number of ether oxygens (including phenoxy) is 1. The molecule has 0 saturated carbocycles. The molecule has 0 radical (unpaired) electrons. The topological polar surface area (TPSA) is 124 Å². The largest absolute Gasteiger partial charge is 0.508 e. The maximum atomic E-state index is 13.2. The predicted octanol–water partition coefficient (Wildman–Crippen LogP) is 2.58. The monoisotopic (exact) mass is 672 g/mol. The highest BCUT2D eigenvalue weighted by Crippen LogP contribution is 2.28. The molecule has 2 heterocycles. The number of hydrogen-bond acceptors (Lipinski definition) is 10. The Morgan fingerprint density at radius 1 is 1.06 bits per heavy atom. The summed E-state index contributed by atoms with van der Waals surface area (Å²) in [6.45, 7) is 11.1. The number of nitrogens with one attached hydrogen (secondary N) is 1. The molecule has 0 spiro atoms. The molecule has 1 unspecified atom stereocenters. The van der Waals surface area contributed by atoms with Crippen LogP contribution in [0.5, 0.6) is 5.75 Å². The summed E-state index contributed by atoms with van der Waals surface area (Å²) in [5.41, 5.74) is 3.54. The van der Waals surface area contributed by atoms with E-state index in [0.717, 1.165) is 37.4 Å². The molecule has 262 valence electrons. The smallest absolute Gasteiger partial charge is 0.244 e. The Hall–Kier alpha value is -4.82. The number of phenolic OH excluding ortho intramolecular Hbond substituents is 1. The minimum atomic E-state index is -0.792. The molecule has 0 aromatic heterocycles. The third-order valence-corrected chi connectivity index (χ3v) is 8.45. The standard InChI is InChI=1S/C28H37N7O5.C8H11N/c1-22(37)32(18-23-6-4-5-7-26(23)33(29-2)13-12-31-14-16-40-17-15-31)19-27-34(21-36)30(3)20-28(39)35(27)24-8-10-25(38)11-9-24;1-9-7-8-5-3-2-4-6-8/h4-11,21,27,38H,2,12-20H2,1,3H3;2-6,9H,7H2,1H3. The predicted molar refractivity (Wildman–Crippen MR) is 191 cm³/mol. The molecule has 3 aromatic rings. The lowest BCUT2D eigenvalue weighted by Crippen LogP contribution is -2.67. The summed E-state index contributed by atoms with van der Waals surface area (Å²) < 4.78 is 5.44. The van der Waals surface area contributed by atoms with Crippen molar-refractivity contribution in [1.29, 1.82) is 0 Å². The Balaban J connectivity index is 0.000000520. The number of benzene rings is 3. The van der Waals surface area contributed by atoms with Crippen LogP contribution in [0.15, 0.2) is 84.0 Å². The van der Waals surface area contributed by atoms with E-state index >= 15 is 0 Å². The molecule has 0 bridgehead atoms. The zero-order valence-electron chi connectivity index (χ0n) is 28.6. The summed E-state index contributed by atoms with van der Waals surface area (Å²) in [4.78, 5) is 43.7. The maximum absolute atomic E-state index is 13.2. The number of hydrazone groups is 1. The molecule has 2 fully saturated rings. The fraction of sp³-hybridized carbons (Fsp3) is 0.389. The molecular weight excluding hydrogens is 624 g/mol. The average Bonchev–Trinajstić information content (AvgIpc) is 3.11. The number of morpholine rings is 1. The first kappa shape index (κ1) is 37.0. The number of amides is 3. The minimum Gasteiger partial charge on any atom is -0.508 e. The molecule has 3 aromatic carbocycles. The summed E-state index contributed by atoms with van der Waals surface area (Å²) in [7, 11) is 3.61. The van der Waals surface area contributed by atoms with Crippen molar-refractivity contribution in [3.05, 3.63) is 90.0 Å². The van der Waals surface area contributed by atoms with Crippen LogP contribution in [0.3, 0.4) is 0 Å². The highest BCUT2D eigenvalue weighted by atomic mass is 16.5. The van der Waals surface area contributed by atoms with Crippen molar-refractivity contribution >= 4 is 36.3 Å². The van der Waals surface area contributed by atoms with Crippen molar-refractivity contribution in [1.82, 2.24) is 25.1 Å². The van der Waals surface area contributed by atoms with E-state index in [1.807, 2.05) is 54.5 Å². The van der Waals surface area contributed by atoms with Crippen LogP contribution in [0.1, 0.15) is 18.1 Å². The summed E-state index contributed by atoms with van der Waals surface area (Å²) >= 11 is 0. The van der Waals surface area contributed by atoms with E-state index in [4.69, 9.17) is 4.74 Å². The number of rotatable bonds is 13. The number of anilines is 2. The summed E-state index contributed by atoms with van der Waals surface area (Å²) in [5, 5.41) is 21.9. The number of likely N-dealkylation sites (N-methyl/N-ethyl adjacent to an activating group) is 1. The van der Waals surface area contributed by atoms with E-state index in [-0.39, 0.29) is 37.2 Å². The van der Waals surface area contributed by atoms with Gasteiger partial charge in [0.1, 0.15) is 11.9 Å². The van der Waals surface area contributed by atoms with Crippen molar-refractivity contribution in [2.24, 2.45) is 5.10 Å². The van der Waals surface area contributed by atoms with Crippen LogP contribution in [-0.4, -0.2) is 123 Å². The second kappa shape index (κ2) is 18.7. The summed E-state index contributed by atoms with van der Waals surface area (Å²) in [6, 6.07) is 24.2. The second-order valence-corrected chi connectivity index (χ2v) is 11.8. The van der Waals surface area contributed by atoms with E-state index in [1.54, 1.807) is 24.1 Å². The highest BCUT2D eigenvalue weighted by molar-refractivity contribution is 5.96. The van der Waals surface area contributed by atoms with Crippen LogP contribution in [0.4, 0.5) is 11.4 Å². The van der Waals surface area contributed by atoms with Crippen molar-refractivity contribution in [2.45, 2.75) is 26.2 Å². The Bertz CT molecular complexity index is 1500. The SMILES string of the molecule is C=NN(CCN1CCOCC1)c1ccccc1CN(CC1N(c2ccc(O)cc2)C(=O)CN(C)N1C=O)C(C)=O.CNCc1ccccc1. The first-order chi connectivity index (χ1) is 23.7. The minimum absolute atomic E-state index is 0.0118. The number of aromatic hydroxyl groups is 1. The molecule has 13 heteroatoms. The van der Waals surface area contributed by atoms with E-state index < -0.39 is 6.17 Å². The molecule has 13 nitrogen and oxygen atoms in total. The van der Waals surface area contributed by atoms with Gasteiger partial charge in [-0.05, 0) is 48.5 Å². The molecule has 2 aliphatic rings. The Kier molecular flexibility index (Phi) is 14.1. The maximum Gasteiger partial charge on any atom is 0.244 e. The molecule has 2 aliphatic heterocycles. The van der Waals surface area contributed by atoms with Gasteiger partial charge in [0.25, 0.3) is 0 Å². The number of phenols is 1. The Morgan fingerprint density at radius 3 is 2.37 bits per heavy atom. The van der Waals surface area contributed by atoms with Crippen molar-refractivity contribution in [2.75, 3.05) is 76.5 Å². The number of nitrogens with zero attached hydrogens (tertiary/aromatic N) is 7. The van der Waals surface area contributed by atoms with Crippen LogP contribution in [0.2, 0.25) is 0 Å². The molecule has 0 aliphatic carbocycles. The highest BCUT2D eigenvalue weighted by Gasteiger charge is 2.39. The van der Waals surface area contributed by atoms with Crippen LogP contribution in [-0.2, 0) is 32.2 Å². The van der Waals surface area contributed by atoms with Crippen molar-refractivity contribution in [3.63, 3.8) is 0 Å². The normalized spacial score (nSPS) is 16.8. The first-order valence-corrected chi connectivity index (χ1v) is 16.4. The number of carbonyl (C=O) groups excluding carboxylic acids is 3. The lowest BCUT2D eigenvalue weighted by molar-refractivity contribution is -0.153. The van der Waals surface area contributed by atoms with Gasteiger partial charge in [0, 0.05) is 59.1 Å². The zero-order valence-corrected chi connectivity index (χ0v) is 28.6. The van der Waals surface area contributed by atoms with Crippen LogP contribution < -0.4 is 15.2 Å². The van der Waals surface area contributed by atoms with E-state index in [1.165, 1.54) is 39.5 Å². The zero-order chi connectivity index (χ0) is 35.2. The number of hydrogen-bond donors (Lipinski definition) is 2. The van der Waals surface area contributed by atoms with Gasteiger partial charge in [0.05, 0.1) is 38.5 Å². The molecule has 1 atom stereocenters. The third-order valence-electron chi connectivity index (χ3n) is 8.45. The number of para-hydroxylation sites is 1. The van der Waals surface area contributed by atoms with E-state index in [0.29, 0.717) is 31.9 Å². The fourth-order valence-electron chi connectivity index (χ4n) is 5.84. The molecule has 2 saturated heterocycles. The van der Waals surface area contributed by atoms with Gasteiger partial charge < -0.3 is 20.1 Å². The van der Waals surface area contributed by atoms with Crippen LogP contribution in [0.25, 0.3) is 0 Å². The Morgan fingerprint density at radius 2 is 1.73 bits per heavy atom. The lowest BCUT2D eigenvalue weighted by atomic mass is 10.1. The number of hydrazine groups is 1. The number of carbonyl (C=O) groups is 3. The van der Waals surface area contributed by atoms with Crippen molar-refractivity contribution in [3.8, 4) is 5.75 Å². The van der Waals surface area contributed by atoms with E-state index in [9.17, 15) is 19.5 Å². The molecular formula is C36H48N8O5. The summed E-state index contributed by atoms with van der Waals surface area (Å²) in [6.07, 6.45) is -0.134. The third kappa shape index (κ3) is 10.3. The Labute approximate surface area is 288 Å². The van der Waals surface area contributed by atoms with Gasteiger partial charge in [-0.3, -0.25) is 34.2 Å². The molecule has 5 rings (SSSR count). The summed E-state index contributed by atoms with van der Waals surface area (Å²) in [5.74, 6) is -0.381. The van der Waals surface area contributed by atoms with Gasteiger partial charge in [-0.25, -0.2) is 5.01 Å². The van der Waals surface area contributed by atoms with Gasteiger partial charge in [-0.2, -0.15) is 5.10 Å². The second-order valence-electron chi connectivity index (χ2n) is 11.8. The van der Waals surface area contributed by atoms with Crippen molar-refractivity contribution < 1.29 is 24.2 Å². The van der Waals surface area contributed by atoms with Crippen LogP contribution in [0, 0.1) is 0 Å². The first-order valence-electron chi connectivity index (χ1n) is 16.4. The van der Waals surface area contributed by atoms with E-state index in [2.05, 4.69) is 34.2 Å². The fourth-order valence-corrected chi connectivity index (χ4v) is 5.84. The van der Waals surface area contributed by atoms with Gasteiger partial charge in [-0.15, -0.1) is 0 Å². The van der Waals surface area contributed by atoms with Gasteiger partial charge in [0.15, 0.2) is 0 Å². The van der Waals surface area contributed by atoms with Gasteiger partial charge in [0.2, 0.25) is 18.2 Å². The van der Waals surface area contributed by atoms with Gasteiger partial charge in [-0.1, -0.05) is 48.5 Å². The lowest BCUT2D eigenvalue weighted by Gasteiger charge is -2.47. The molecule has 49 heavy (non-hydrogen) atoms. The molecule has 3 amide bonds. The quantitative estimate of drug-likeness (QED) is 0.160.